The molecular formula is C10H14BrN3OS. The van der Waals surface area contributed by atoms with E-state index < -0.39 is 0 Å². The van der Waals surface area contributed by atoms with Crippen molar-refractivity contribution in [1.82, 2.24) is 15.2 Å². The van der Waals surface area contributed by atoms with E-state index in [1.165, 1.54) is 11.3 Å². The minimum atomic E-state index is -0.00208. The highest BCUT2D eigenvalue weighted by molar-refractivity contribution is 9.11. The number of thiazole rings is 1. The lowest BCUT2D eigenvalue weighted by atomic mass is 10.1. The van der Waals surface area contributed by atoms with E-state index in [0.717, 1.165) is 29.8 Å². The molecule has 0 unspecified atom stereocenters. The average Bonchev–Trinajstić information content (AvgIpc) is 2.68. The fourth-order valence-corrected chi connectivity index (χ4v) is 2.94. The molecule has 0 atom stereocenters. The molecule has 1 aliphatic rings. The van der Waals surface area contributed by atoms with Crippen LogP contribution in [0, 0.1) is 0 Å². The predicted octanol–water partition coefficient (Wildman–Crippen LogP) is 1.73. The summed E-state index contributed by atoms with van der Waals surface area (Å²) in [6.07, 6.45) is 3.67. The molecule has 0 aliphatic carbocycles. The molecule has 2 heterocycles. The molecule has 1 N–H and O–H groups in total. The Balaban J connectivity index is 1.88. The summed E-state index contributed by atoms with van der Waals surface area (Å²) in [5.74, 6) is -0.00208. The van der Waals surface area contributed by atoms with Gasteiger partial charge in [-0.1, -0.05) is 0 Å². The van der Waals surface area contributed by atoms with Gasteiger partial charge in [0, 0.05) is 6.04 Å². The van der Waals surface area contributed by atoms with E-state index in [-0.39, 0.29) is 5.91 Å². The summed E-state index contributed by atoms with van der Waals surface area (Å²) in [6.45, 7) is 2.11. The third-order valence-electron chi connectivity index (χ3n) is 2.76. The standard InChI is InChI=1S/C10H14BrN3OS/c1-14-4-2-7(3-5-14)13-9(15)8-6-12-10(11)16-8/h6-7H,2-5H2,1H3,(H,13,15). The third kappa shape index (κ3) is 3.02. The summed E-state index contributed by atoms with van der Waals surface area (Å²) in [7, 11) is 2.11. The van der Waals surface area contributed by atoms with Crippen LogP contribution >= 0.6 is 27.3 Å². The molecule has 0 aromatic carbocycles. The first-order valence-electron chi connectivity index (χ1n) is 5.26. The number of carbonyl (C=O) groups excluding carboxylic acids is 1. The van der Waals surface area contributed by atoms with Crippen LogP contribution in [0.4, 0.5) is 0 Å². The molecule has 88 valence electrons. The summed E-state index contributed by atoms with van der Waals surface area (Å²) in [4.78, 5) is 18.8. The van der Waals surface area contributed by atoms with Gasteiger partial charge >= 0.3 is 0 Å². The average molecular weight is 304 g/mol. The van der Waals surface area contributed by atoms with Crippen LogP contribution in [0.3, 0.4) is 0 Å². The molecular weight excluding hydrogens is 290 g/mol. The number of rotatable bonds is 2. The lowest BCUT2D eigenvalue weighted by Gasteiger charge is -2.29. The van der Waals surface area contributed by atoms with Crippen molar-refractivity contribution in [3.8, 4) is 0 Å². The second-order valence-electron chi connectivity index (χ2n) is 4.03. The number of likely N-dealkylation sites (tertiary alicyclic amines) is 1. The number of hydrogen-bond donors (Lipinski definition) is 1. The second-order valence-corrected chi connectivity index (χ2v) is 6.34. The zero-order valence-electron chi connectivity index (χ0n) is 9.07. The van der Waals surface area contributed by atoms with E-state index in [9.17, 15) is 4.79 Å². The van der Waals surface area contributed by atoms with E-state index in [2.05, 4.69) is 38.2 Å². The smallest absolute Gasteiger partial charge is 0.263 e. The first-order valence-corrected chi connectivity index (χ1v) is 6.87. The number of hydrogen-bond acceptors (Lipinski definition) is 4. The van der Waals surface area contributed by atoms with Crippen molar-refractivity contribution in [3.05, 3.63) is 15.0 Å². The van der Waals surface area contributed by atoms with Crippen molar-refractivity contribution in [1.29, 1.82) is 0 Å². The minimum absolute atomic E-state index is 0.00208. The Labute approximate surface area is 107 Å². The van der Waals surface area contributed by atoms with Crippen LogP contribution in [0.25, 0.3) is 0 Å². The van der Waals surface area contributed by atoms with Gasteiger partial charge in [0.05, 0.1) is 6.20 Å². The lowest BCUT2D eigenvalue weighted by Crippen LogP contribution is -2.43. The van der Waals surface area contributed by atoms with Crippen molar-refractivity contribution in [2.24, 2.45) is 0 Å². The topological polar surface area (TPSA) is 45.2 Å². The van der Waals surface area contributed by atoms with Crippen molar-refractivity contribution in [3.63, 3.8) is 0 Å². The molecule has 2 rings (SSSR count). The van der Waals surface area contributed by atoms with E-state index in [1.54, 1.807) is 6.20 Å². The Bertz CT molecular complexity index is 374. The van der Waals surface area contributed by atoms with Gasteiger partial charge in [0.2, 0.25) is 0 Å². The number of aromatic nitrogens is 1. The van der Waals surface area contributed by atoms with Gasteiger partial charge < -0.3 is 10.2 Å². The number of carbonyl (C=O) groups is 1. The van der Waals surface area contributed by atoms with Crippen LogP contribution in [0.5, 0.6) is 0 Å². The summed E-state index contributed by atoms with van der Waals surface area (Å²) in [5.41, 5.74) is 0. The molecule has 6 heteroatoms. The van der Waals surface area contributed by atoms with Gasteiger partial charge in [-0.25, -0.2) is 4.98 Å². The Morgan fingerprint density at radius 2 is 2.31 bits per heavy atom. The zero-order chi connectivity index (χ0) is 11.5. The van der Waals surface area contributed by atoms with Gasteiger partial charge in [0.1, 0.15) is 4.88 Å². The molecule has 1 aliphatic heterocycles. The Kier molecular flexibility index (Phi) is 3.94. The molecule has 0 bridgehead atoms. The summed E-state index contributed by atoms with van der Waals surface area (Å²) in [6, 6.07) is 0.310. The van der Waals surface area contributed by atoms with Crippen LogP contribution < -0.4 is 5.32 Å². The third-order valence-corrected chi connectivity index (χ3v) is 4.23. The number of nitrogens with one attached hydrogen (secondary N) is 1. The maximum atomic E-state index is 11.8. The molecule has 4 nitrogen and oxygen atoms in total. The second kappa shape index (κ2) is 5.25. The largest absolute Gasteiger partial charge is 0.348 e. The maximum absolute atomic E-state index is 11.8. The first kappa shape index (κ1) is 12.0. The number of halogens is 1. The number of amides is 1. The van der Waals surface area contributed by atoms with Gasteiger partial charge in [-0.2, -0.15) is 0 Å². The highest BCUT2D eigenvalue weighted by Gasteiger charge is 2.19. The summed E-state index contributed by atoms with van der Waals surface area (Å²) >= 11 is 4.62. The van der Waals surface area contributed by atoms with Crippen molar-refractivity contribution in [2.75, 3.05) is 20.1 Å². The quantitative estimate of drug-likeness (QED) is 0.905. The molecule has 0 spiro atoms. The van der Waals surface area contributed by atoms with Gasteiger partial charge in [-0.3, -0.25) is 4.79 Å². The fourth-order valence-electron chi connectivity index (χ4n) is 1.77. The van der Waals surface area contributed by atoms with Crippen LogP contribution in [-0.4, -0.2) is 42.0 Å². The zero-order valence-corrected chi connectivity index (χ0v) is 11.5. The number of nitrogens with zero attached hydrogens (tertiary/aromatic N) is 2. The van der Waals surface area contributed by atoms with E-state index in [0.29, 0.717) is 10.9 Å². The SMILES string of the molecule is CN1CCC(NC(=O)c2cnc(Br)s2)CC1. The predicted molar refractivity (Wildman–Crippen MR) is 67.8 cm³/mol. The Hall–Kier alpha value is -0.460. The lowest BCUT2D eigenvalue weighted by molar-refractivity contribution is 0.0921. The van der Waals surface area contributed by atoms with Crippen LogP contribution in [-0.2, 0) is 0 Å². The summed E-state index contributed by atoms with van der Waals surface area (Å²) in [5, 5.41) is 3.05. The Morgan fingerprint density at radius 1 is 1.62 bits per heavy atom. The van der Waals surface area contributed by atoms with Crippen LogP contribution in [0.2, 0.25) is 0 Å². The maximum Gasteiger partial charge on any atom is 0.263 e. The van der Waals surface area contributed by atoms with Crippen LogP contribution in [0.15, 0.2) is 10.1 Å². The van der Waals surface area contributed by atoms with E-state index >= 15 is 0 Å². The fraction of sp³-hybridized carbons (Fsp3) is 0.600. The highest BCUT2D eigenvalue weighted by Crippen LogP contribution is 2.19. The van der Waals surface area contributed by atoms with Crippen molar-refractivity contribution >= 4 is 33.2 Å². The van der Waals surface area contributed by atoms with E-state index in [1.807, 2.05) is 0 Å². The number of piperidine rings is 1. The normalized spacial score (nSPS) is 18.6. The highest BCUT2D eigenvalue weighted by atomic mass is 79.9. The molecule has 16 heavy (non-hydrogen) atoms. The summed E-state index contributed by atoms with van der Waals surface area (Å²) < 4.78 is 0.751. The monoisotopic (exact) mass is 303 g/mol. The molecule has 0 saturated carbocycles. The first-order chi connectivity index (χ1) is 7.65. The molecule has 1 saturated heterocycles. The van der Waals surface area contributed by atoms with Gasteiger partial charge in [0.15, 0.2) is 3.92 Å². The minimum Gasteiger partial charge on any atom is -0.348 e. The van der Waals surface area contributed by atoms with Crippen molar-refractivity contribution in [2.45, 2.75) is 18.9 Å². The van der Waals surface area contributed by atoms with E-state index in [4.69, 9.17) is 0 Å². The van der Waals surface area contributed by atoms with Crippen LogP contribution in [0.1, 0.15) is 22.5 Å². The van der Waals surface area contributed by atoms with Crippen molar-refractivity contribution < 1.29 is 4.79 Å². The molecule has 1 aromatic heterocycles. The molecule has 0 radical (unpaired) electrons. The van der Waals surface area contributed by atoms with Gasteiger partial charge in [0.25, 0.3) is 5.91 Å². The van der Waals surface area contributed by atoms with Gasteiger partial charge in [-0.15, -0.1) is 11.3 Å². The van der Waals surface area contributed by atoms with Gasteiger partial charge in [-0.05, 0) is 48.9 Å². The molecule has 1 fully saturated rings. The molecule has 1 amide bonds. The molecule has 1 aromatic rings. The Morgan fingerprint density at radius 3 is 2.88 bits per heavy atom.